The van der Waals surface area contributed by atoms with Crippen molar-refractivity contribution >= 4 is 40.7 Å². The molecule has 1 N–H and O–H groups in total. The molecule has 208 valence electrons. The van der Waals surface area contributed by atoms with Gasteiger partial charge in [-0.25, -0.2) is 14.6 Å². The minimum Gasteiger partial charge on any atom is -0.478 e. The summed E-state index contributed by atoms with van der Waals surface area (Å²) in [5.74, 6) is -1.39. The molecule has 0 radical (unpaired) electrons. The summed E-state index contributed by atoms with van der Waals surface area (Å²) in [5.41, 5.74) is 0.989. The van der Waals surface area contributed by atoms with Crippen LogP contribution in [0.15, 0.2) is 40.8 Å². The number of furan rings is 1. The summed E-state index contributed by atoms with van der Waals surface area (Å²) >= 11 is 6.07. The SMILES string of the molecule is CC(C)(OC(=O)N1CCN(C(=O)c2cc3nc(-c4ccc(Cl)cc4)cc(C(C)(C)C)c3o2)C(C)(C)C1)C(=O)O. The van der Waals surface area contributed by atoms with Crippen LogP contribution >= 0.6 is 11.6 Å². The van der Waals surface area contributed by atoms with E-state index in [9.17, 15) is 19.5 Å². The summed E-state index contributed by atoms with van der Waals surface area (Å²) < 4.78 is 11.4. The molecule has 2 aromatic heterocycles. The van der Waals surface area contributed by atoms with Gasteiger partial charge in [-0.2, -0.15) is 0 Å². The minimum atomic E-state index is -1.66. The van der Waals surface area contributed by atoms with E-state index in [-0.39, 0.29) is 36.7 Å². The van der Waals surface area contributed by atoms with Crippen LogP contribution in [0.1, 0.15) is 64.6 Å². The van der Waals surface area contributed by atoms with Gasteiger partial charge in [-0.3, -0.25) is 4.79 Å². The highest BCUT2D eigenvalue weighted by Gasteiger charge is 2.42. The summed E-state index contributed by atoms with van der Waals surface area (Å²) in [4.78, 5) is 45.6. The molecule has 39 heavy (non-hydrogen) atoms. The summed E-state index contributed by atoms with van der Waals surface area (Å²) in [6, 6.07) is 11.1. The molecule has 0 spiro atoms. The van der Waals surface area contributed by atoms with Crippen molar-refractivity contribution in [1.29, 1.82) is 0 Å². The molecule has 3 aromatic rings. The van der Waals surface area contributed by atoms with E-state index >= 15 is 0 Å². The van der Waals surface area contributed by atoms with E-state index in [1.165, 1.54) is 18.7 Å². The molecule has 0 bridgehead atoms. The van der Waals surface area contributed by atoms with Crippen molar-refractivity contribution in [2.24, 2.45) is 0 Å². The number of carbonyl (C=O) groups is 3. The number of ether oxygens (including phenoxy) is 1. The Balaban J connectivity index is 1.63. The number of amides is 2. The maximum absolute atomic E-state index is 13.7. The largest absolute Gasteiger partial charge is 0.478 e. The third kappa shape index (κ3) is 5.73. The van der Waals surface area contributed by atoms with Crippen LogP contribution in [-0.4, -0.2) is 68.6 Å². The molecule has 1 aromatic carbocycles. The Hall–Kier alpha value is -3.59. The number of piperazine rings is 1. The van der Waals surface area contributed by atoms with Crippen molar-refractivity contribution in [3.8, 4) is 11.3 Å². The summed E-state index contributed by atoms with van der Waals surface area (Å²) in [6.07, 6.45) is -0.736. The monoisotopic (exact) mass is 555 g/mol. The normalized spacial score (nSPS) is 15.9. The smallest absolute Gasteiger partial charge is 0.411 e. The highest BCUT2D eigenvalue weighted by atomic mass is 35.5. The van der Waals surface area contributed by atoms with Crippen LogP contribution in [0.4, 0.5) is 4.79 Å². The van der Waals surface area contributed by atoms with Gasteiger partial charge < -0.3 is 24.1 Å². The first-order valence-corrected chi connectivity index (χ1v) is 13.1. The van der Waals surface area contributed by atoms with E-state index in [1.807, 2.05) is 44.2 Å². The standard InChI is InChI=1S/C29H34ClN3O6/c1-27(2,3)19-14-20(17-8-10-18(30)11-9-17)31-21-15-22(38-23(19)21)24(34)33-13-12-32(16-28(33,4)5)26(37)39-29(6,7)25(35)36/h8-11,14-15H,12-13,16H2,1-7H3,(H,35,36). The number of carbonyl (C=O) groups excluding carboxylic acids is 2. The van der Waals surface area contributed by atoms with Crippen LogP contribution in [0.5, 0.6) is 0 Å². The zero-order valence-corrected chi connectivity index (χ0v) is 24.0. The molecule has 1 saturated heterocycles. The zero-order valence-electron chi connectivity index (χ0n) is 23.3. The molecule has 3 heterocycles. The first-order valence-electron chi connectivity index (χ1n) is 12.7. The third-order valence-corrected chi connectivity index (χ3v) is 7.15. The third-order valence-electron chi connectivity index (χ3n) is 6.90. The van der Waals surface area contributed by atoms with Gasteiger partial charge in [-0.1, -0.05) is 44.5 Å². The number of carboxylic acids is 1. The second-order valence-electron chi connectivity index (χ2n) is 12.0. The molecule has 0 atom stereocenters. The Morgan fingerprint density at radius 2 is 1.69 bits per heavy atom. The van der Waals surface area contributed by atoms with Crippen LogP contribution in [0, 0.1) is 0 Å². The zero-order chi connectivity index (χ0) is 28.9. The fourth-order valence-corrected chi connectivity index (χ4v) is 4.73. The molecule has 9 nitrogen and oxygen atoms in total. The number of fused-ring (bicyclic) bond motifs is 1. The number of carboxylic acid groups (broad SMARTS) is 1. The summed E-state index contributed by atoms with van der Waals surface area (Å²) in [6.45, 7) is 13.1. The quantitative estimate of drug-likeness (QED) is 0.421. The molecule has 1 aliphatic heterocycles. The van der Waals surface area contributed by atoms with Crippen molar-refractivity contribution < 1.29 is 28.6 Å². The Kier molecular flexibility index (Phi) is 7.19. The number of rotatable bonds is 4. The van der Waals surface area contributed by atoms with Crippen LogP contribution in [0.2, 0.25) is 5.02 Å². The number of hydrogen-bond acceptors (Lipinski definition) is 6. The first-order chi connectivity index (χ1) is 18.0. The van der Waals surface area contributed by atoms with Gasteiger partial charge in [0.05, 0.1) is 11.2 Å². The van der Waals surface area contributed by atoms with E-state index in [1.54, 1.807) is 11.0 Å². The second-order valence-corrected chi connectivity index (χ2v) is 12.4. The molecule has 0 unspecified atom stereocenters. The molecule has 0 aliphatic carbocycles. The lowest BCUT2D eigenvalue weighted by Gasteiger charge is -2.46. The fourth-order valence-electron chi connectivity index (χ4n) is 4.60. The van der Waals surface area contributed by atoms with Crippen LogP contribution in [-0.2, 0) is 14.9 Å². The molecular formula is C29H34ClN3O6. The number of nitrogens with zero attached hydrogens (tertiary/aromatic N) is 3. The average molecular weight is 556 g/mol. The predicted octanol–water partition coefficient (Wildman–Crippen LogP) is 5.98. The maximum Gasteiger partial charge on any atom is 0.411 e. The van der Waals surface area contributed by atoms with Gasteiger partial charge >= 0.3 is 12.1 Å². The van der Waals surface area contributed by atoms with Crippen molar-refractivity contribution in [3.63, 3.8) is 0 Å². The van der Waals surface area contributed by atoms with Crippen molar-refractivity contribution in [3.05, 3.63) is 52.7 Å². The van der Waals surface area contributed by atoms with E-state index in [0.717, 1.165) is 16.8 Å². The minimum absolute atomic E-state index is 0.160. The molecular weight excluding hydrogens is 522 g/mol. The Morgan fingerprint density at radius 3 is 2.26 bits per heavy atom. The summed E-state index contributed by atoms with van der Waals surface area (Å²) in [7, 11) is 0. The fraction of sp³-hybridized carbons (Fsp3) is 0.448. The van der Waals surface area contributed by atoms with Gasteiger partial charge in [0.2, 0.25) is 5.60 Å². The van der Waals surface area contributed by atoms with Gasteiger partial charge in [-0.05, 0) is 51.3 Å². The van der Waals surface area contributed by atoms with E-state index < -0.39 is 23.2 Å². The lowest BCUT2D eigenvalue weighted by Crippen LogP contribution is -2.62. The Morgan fingerprint density at radius 1 is 1.05 bits per heavy atom. The molecule has 4 rings (SSSR count). The predicted molar refractivity (Wildman–Crippen MR) is 148 cm³/mol. The Labute approximate surface area is 232 Å². The van der Waals surface area contributed by atoms with Crippen molar-refractivity contribution in [2.75, 3.05) is 19.6 Å². The second kappa shape index (κ2) is 9.86. The topological polar surface area (TPSA) is 113 Å². The lowest BCUT2D eigenvalue weighted by molar-refractivity contribution is -0.156. The summed E-state index contributed by atoms with van der Waals surface area (Å²) in [5, 5.41) is 9.92. The number of aromatic nitrogens is 1. The molecule has 2 amide bonds. The number of halogens is 1. The molecule has 1 fully saturated rings. The number of benzene rings is 1. The van der Waals surface area contributed by atoms with Gasteiger partial charge in [-0.15, -0.1) is 0 Å². The molecule has 10 heteroatoms. The van der Waals surface area contributed by atoms with Gasteiger partial charge in [0.15, 0.2) is 11.3 Å². The van der Waals surface area contributed by atoms with E-state index in [0.29, 0.717) is 16.1 Å². The average Bonchev–Trinajstić information content (AvgIpc) is 3.26. The lowest BCUT2D eigenvalue weighted by atomic mass is 9.86. The van der Waals surface area contributed by atoms with E-state index in [2.05, 4.69) is 20.8 Å². The van der Waals surface area contributed by atoms with Gasteiger partial charge in [0.1, 0.15) is 5.52 Å². The Bertz CT molecular complexity index is 1440. The maximum atomic E-state index is 13.7. The number of aliphatic carboxylic acids is 1. The number of hydrogen-bond donors (Lipinski definition) is 1. The van der Waals surface area contributed by atoms with Crippen LogP contribution in [0.3, 0.4) is 0 Å². The molecule has 1 aliphatic rings. The first kappa shape index (κ1) is 28.4. The van der Waals surface area contributed by atoms with Crippen LogP contribution in [0.25, 0.3) is 22.4 Å². The van der Waals surface area contributed by atoms with E-state index in [4.69, 9.17) is 25.7 Å². The van der Waals surface area contributed by atoms with Crippen molar-refractivity contribution in [2.45, 2.75) is 65.0 Å². The van der Waals surface area contributed by atoms with Crippen LogP contribution < -0.4 is 0 Å². The van der Waals surface area contributed by atoms with Crippen molar-refractivity contribution in [1.82, 2.24) is 14.8 Å². The van der Waals surface area contributed by atoms with Gasteiger partial charge in [0.25, 0.3) is 5.91 Å². The van der Waals surface area contributed by atoms with Gasteiger partial charge in [0, 0.05) is 41.9 Å². The number of pyridine rings is 1. The molecule has 0 saturated carbocycles. The highest BCUT2D eigenvalue weighted by molar-refractivity contribution is 6.30. The highest BCUT2D eigenvalue weighted by Crippen LogP contribution is 2.36.